The normalized spacial score (nSPS) is 11.4. The molecule has 2 heterocycles. The number of rotatable bonds is 6. The van der Waals surface area contributed by atoms with Crippen molar-refractivity contribution in [3.8, 4) is 22.6 Å². The molecule has 2 aromatic heterocycles. The molecule has 0 aliphatic heterocycles. The van der Waals surface area contributed by atoms with Crippen molar-refractivity contribution in [2.75, 3.05) is 6.61 Å². The molecule has 0 unspecified atom stereocenters. The Bertz CT molecular complexity index is 1340. The van der Waals surface area contributed by atoms with E-state index in [0.29, 0.717) is 21.6 Å². The smallest absolute Gasteiger partial charge is 0.434 e. The van der Waals surface area contributed by atoms with Gasteiger partial charge in [0.15, 0.2) is 5.69 Å². The molecule has 0 fully saturated rings. The van der Waals surface area contributed by atoms with E-state index in [9.17, 15) is 22.8 Å². The molecule has 4 aromatic rings. The van der Waals surface area contributed by atoms with Crippen LogP contribution in [-0.4, -0.2) is 48.4 Å². The van der Waals surface area contributed by atoms with Crippen LogP contribution in [0.2, 0.25) is 0 Å². The summed E-state index contributed by atoms with van der Waals surface area (Å²) in [5.74, 6) is -2.16. The van der Waals surface area contributed by atoms with Crippen molar-refractivity contribution in [3.05, 3.63) is 77.7 Å². The molecule has 174 valence electrons. The molecule has 0 saturated heterocycles. The van der Waals surface area contributed by atoms with E-state index in [0.717, 1.165) is 6.20 Å². The Morgan fingerprint density at radius 3 is 2.26 bits per heavy atom. The lowest BCUT2D eigenvalue weighted by Crippen LogP contribution is -2.18. The Labute approximate surface area is 190 Å². The van der Waals surface area contributed by atoms with E-state index in [2.05, 4.69) is 15.4 Å². The van der Waals surface area contributed by atoms with Crippen LogP contribution in [-0.2, 0) is 10.9 Å². The average Bonchev–Trinajstić information content (AvgIpc) is 3.47. The van der Waals surface area contributed by atoms with E-state index in [1.54, 1.807) is 30.5 Å². The van der Waals surface area contributed by atoms with Crippen molar-refractivity contribution in [2.45, 2.75) is 13.1 Å². The summed E-state index contributed by atoms with van der Waals surface area (Å²) in [6.45, 7) is 1.43. The summed E-state index contributed by atoms with van der Waals surface area (Å²) in [5, 5.41) is 20.8. The number of hydrogen-bond acceptors (Lipinski definition) is 6. The number of ether oxygens (including phenoxy) is 1. The molecule has 9 nitrogen and oxygen atoms in total. The fourth-order valence-electron chi connectivity index (χ4n) is 3.23. The number of carboxylic acid groups (broad SMARTS) is 1. The SMILES string of the molecule is CCOC(=O)c1cnn(-c2ccc(-c3cn(-c4ccc(C(=O)O)cc4)nn3)cc2)c1C(F)(F)F. The van der Waals surface area contributed by atoms with Crippen LogP contribution in [0, 0.1) is 0 Å². The molecule has 1 N–H and O–H groups in total. The molecule has 0 radical (unpaired) electrons. The minimum Gasteiger partial charge on any atom is -0.478 e. The standard InChI is InChI=1S/C22H16F3N5O4/c1-2-34-21(33)17-11-26-30(19(17)22(23,24)25)16-9-3-13(4-10-16)18-12-29(28-27-18)15-7-5-14(6-8-15)20(31)32/h3-12H,2H2,1H3,(H,31,32). The van der Waals surface area contributed by atoms with Gasteiger partial charge >= 0.3 is 18.1 Å². The zero-order valence-corrected chi connectivity index (χ0v) is 17.5. The summed E-state index contributed by atoms with van der Waals surface area (Å²) in [4.78, 5) is 22.9. The van der Waals surface area contributed by atoms with Crippen molar-refractivity contribution >= 4 is 11.9 Å². The third kappa shape index (κ3) is 4.37. The summed E-state index contributed by atoms with van der Waals surface area (Å²) in [7, 11) is 0. The van der Waals surface area contributed by atoms with Gasteiger partial charge in [0, 0.05) is 5.56 Å². The maximum atomic E-state index is 13.7. The molecule has 0 atom stereocenters. The number of carboxylic acids is 1. The maximum Gasteiger partial charge on any atom is 0.434 e. The summed E-state index contributed by atoms with van der Waals surface area (Å²) in [6.07, 6.45) is -2.41. The van der Waals surface area contributed by atoms with Crippen LogP contribution in [0.15, 0.2) is 60.9 Å². The van der Waals surface area contributed by atoms with E-state index in [4.69, 9.17) is 9.84 Å². The van der Waals surface area contributed by atoms with Gasteiger partial charge in [-0.25, -0.2) is 19.0 Å². The number of aromatic nitrogens is 5. The first-order valence-corrected chi connectivity index (χ1v) is 9.88. The van der Waals surface area contributed by atoms with Gasteiger partial charge in [-0.15, -0.1) is 5.10 Å². The predicted octanol–water partition coefficient (Wildman–Crippen LogP) is 4.01. The number of nitrogens with zero attached hydrogens (tertiary/aromatic N) is 5. The van der Waals surface area contributed by atoms with Gasteiger partial charge in [0.1, 0.15) is 11.3 Å². The molecular formula is C22H16F3N5O4. The molecule has 4 rings (SSSR count). The second-order valence-electron chi connectivity index (χ2n) is 6.98. The number of carbonyl (C=O) groups excluding carboxylic acids is 1. The van der Waals surface area contributed by atoms with Crippen LogP contribution in [0.4, 0.5) is 13.2 Å². The summed E-state index contributed by atoms with van der Waals surface area (Å²) >= 11 is 0. The van der Waals surface area contributed by atoms with Gasteiger partial charge in [0.25, 0.3) is 0 Å². The lowest BCUT2D eigenvalue weighted by molar-refractivity contribution is -0.143. The highest BCUT2D eigenvalue weighted by molar-refractivity contribution is 5.91. The quantitative estimate of drug-likeness (QED) is 0.423. The number of halogens is 3. The largest absolute Gasteiger partial charge is 0.478 e. The minimum atomic E-state index is -4.84. The first-order chi connectivity index (χ1) is 16.2. The van der Waals surface area contributed by atoms with Crippen LogP contribution in [0.25, 0.3) is 22.6 Å². The number of alkyl halides is 3. The first-order valence-electron chi connectivity index (χ1n) is 9.88. The summed E-state index contributed by atoms with van der Waals surface area (Å²) < 4.78 is 47.8. The van der Waals surface area contributed by atoms with Gasteiger partial charge in [-0.05, 0) is 43.3 Å². The molecule has 12 heteroatoms. The fraction of sp³-hybridized carbons (Fsp3) is 0.136. The Morgan fingerprint density at radius 2 is 1.68 bits per heavy atom. The van der Waals surface area contributed by atoms with E-state index in [-0.39, 0.29) is 17.9 Å². The zero-order valence-electron chi connectivity index (χ0n) is 17.5. The topological polar surface area (TPSA) is 112 Å². The zero-order chi connectivity index (χ0) is 24.5. The Morgan fingerprint density at radius 1 is 1.03 bits per heavy atom. The first kappa shape index (κ1) is 22.7. The summed E-state index contributed by atoms with van der Waals surface area (Å²) in [5.41, 5.74) is -0.0880. The van der Waals surface area contributed by atoms with Crippen molar-refractivity contribution in [1.82, 2.24) is 24.8 Å². The highest BCUT2D eigenvalue weighted by Crippen LogP contribution is 2.34. The Kier molecular flexibility index (Phi) is 5.88. The monoisotopic (exact) mass is 471 g/mol. The Hall–Kier alpha value is -4.48. The summed E-state index contributed by atoms with van der Waals surface area (Å²) in [6, 6.07) is 11.9. The number of esters is 1. The van der Waals surface area contributed by atoms with Gasteiger partial charge in [-0.3, -0.25) is 0 Å². The van der Waals surface area contributed by atoms with Crippen LogP contribution in [0.5, 0.6) is 0 Å². The van der Waals surface area contributed by atoms with Crippen molar-refractivity contribution in [3.63, 3.8) is 0 Å². The third-order valence-electron chi connectivity index (χ3n) is 4.81. The van der Waals surface area contributed by atoms with E-state index in [1.807, 2.05) is 0 Å². The van der Waals surface area contributed by atoms with E-state index >= 15 is 0 Å². The van der Waals surface area contributed by atoms with Crippen LogP contribution in [0.1, 0.15) is 33.3 Å². The molecule has 0 aliphatic carbocycles. The van der Waals surface area contributed by atoms with Gasteiger partial charge in [0.05, 0.1) is 35.9 Å². The van der Waals surface area contributed by atoms with Gasteiger partial charge in [0.2, 0.25) is 0 Å². The molecular weight excluding hydrogens is 455 g/mol. The third-order valence-corrected chi connectivity index (χ3v) is 4.81. The molecule has 0 amide bonds. The molecule has 0 bridgehead atoms. The average molecular weight is 471 g/mol. The number of benzene rings is 2. The lowest BCUT2D eigenvalue weighted by Gasteiger charge is -2.12. The number of carbonyl (C=O) groups is 2. The number of aromatic carboxylic acids is 1. The van der Waals surface area contributed by atoms with Gasteiger partial charge < -0.3 is 9.84 Å². The number of hydrogen-bond donors (Lipinski definition) is 1. The molecule has 34 heavy (non-hydrogen) atoms. The van der Waals surface area contributed by atoms with Crippen molar-refractivity contribution < 1.29 is 32.6 Å². The molecule has 0 spiro atoms. The highest BCUT2D eigenvalue weighted by Gasteiger charge is 2.41. The second kappa shape index (κ2) is 8.81. The second-order valence-corrected chi connectivity index (χ2v) is 6.98. The fourth-order valence-corrected chi connectivity index (χ4v) is 3.23. The molecule has 0 saturated carbocycles. The van der Waals surface area contributed by atoms with Crippen LogP contribution < -0.4 is 0 Å². The molecule has 2 aromatic carbocycles. The highest BCUT2D eigenvalue weighted by atomic mass is 19.4. The van der Waals surface area contributed by atoms with E-state index < -0.39 is 29.4 Å². The van der Waals surface area contributed by atoms with Crippen molar-refractivity contribution in [1.29, 1.82) is 0 Å². The molecule has 0 aliphatic rings. The van der Waals surface area contributed by atoms with Crippen LogP contribution in [0.3, 0.4) is 0 Å². The Balaban J connectivity index is 1.62. The van der Waals surface area contributed by atoms with Gasteiger partial charge in [-0.1, -0.05) is 17.3 Å². The van der Waals surface area contributed by atoms with Crippen molar-refractivity contribution in [2.24, 2.45) is 0 Å². The maximum absolute atomic E-state index is 13.7. The lowest BCUT2D eigenvalue weighted by atomic mass is 10.1. The van der Waals surface area contributed by atoms with Gasteiger partial charge in [-0.2, -0.15) is 18.3 Å². The van der Waals surface area contributed by atoms with Crippen LogP contribution >= 0.6 is 0 Å². The predicted molar refractivity (Wildman–Crippen MR) is 112 cm³/mol. The van der Waals surface area contributed by atoms with E-state index in [1.165, 1.54) is 35.9 Å². The minimum absolute atomic E-state index is 0.0691.